The first-order valence-corrected chi connectivity index (χ1v) is 11.2. The Morgan fingerprint density at radius 2 is 1.58 bits per heavy atom. The summed E-state index contributed by atoms with van der Waals surface area (Å²) in [5.41, 5.74) is 0.0154. The van der Waals surface area contributed by atoms with Crippen LogP contribution in [0, 0.1) is 0 Å². The van der Waals surface area contributed by atoms with Crippen LogP contribution in [0.5, 0.6) is 0 Å². The van der Waals surface area contributed by atoms with Gasteiger partial charge in [-0.15, -0.1) is 0 Å². The standard InChI is InChI=1S/C26H25N5O5/c1-36-15-14-31-22(21(25(34)30-26(31)35)27-16-17-8-4-2-5-9-17)29-24(33)19-12-13-20(28-23(19)32)18-10-6-3-7-11-18/h2-13,27H,14-16H2,1H3,(H,28,32)(H,29,33)(H,30,34,35). The van der Waals surface area contributed by atoms with Crippen molar-refractivity contribution < 1.29 is 9.53 Å². The number of amides is 1. The van der Waals surface area contributed by atoms with Crippen LogP contribution >= 0.6 is 0 Å². The van der Waals surface area contributed by atoms with E-state index in [-0.39, 0.29) is 36.8 Å². The molecule has 0 aliphatic heterocycles. The molecule has 0 saturated carbocycles. The first-order valence-electron chi connectivity index (χ1n) is 11.2. The van der Waals surface area contributed by atoms with E-state index in [0.29, 0.717) is 5.69 Å². The Kier molecular flexibility index (Phi) is 7.57. The van der Waals surface area contributed by atoms with Crippen LogP contribution in [0.3, 0.4) is 0 Å². The molecule has 2 aromatic heterocycles. The molecule has 0 fully saturated rings. The number of pyridine rings is 1. The maximum Gasteiger partial charge on any atom is 0.330 e. The summed E-state index contributed by atoms with van der Waals surface area (Å²) in [5, 5.41) is 5.59. The van der Waals surface area contributed by atoms with Gasteiger partial charge in [-0.25, -0.2) is 4.79 Å². The molecule has 0 spiro atoms. The monoisotopic (exact) mass is 487 g/mol. The maximum absolute atomic E-state index is 13.1. The largest absolute Gasteiger partial charge is 0.383 e. The van der Waals surface area contributed by atoms with E-state index in [4.69, 9.17) is 4.74 Å². The van der Waals surface area contributed by atoms with Crippen molar-refractivity contribution in [2.24, 2.45) is 0 Å². The fraction of sp³-hybridized carbons (Fsp3) is 0.154. The molecule has 0 unspecified atom stereocenters. The van der Waals surface area contributed by atoms with Crippen molar-refractivity contribution in [2.45, 2.75) is 13.1 Å². The van der Waals surface area contributed by atoms with Crippen LogP contribution < -0.4 is 27.4 Å². The van der Waals surface area contributed by atoms with Crippen LogP contribution in [-0.4, -0.2) is 34.2 Å². The molecule has 4 aromatic rings. The summed E-state index contributed by atoms with van der Waals surface area (Å²) < 4.78 is 6.26. The SMILES string of the molecule is COCCn1c(NC(=O)c2ccc(-c3ccccc3)[nH]c2=O)c(NCc2ccccc2)c(=O)[nH]c1=O. The topological polar surface area (TPSA) is 138 Å². The zero-order valence-electron chi connectivity index (χ0n) is 19.5. The second-order valence-corrected chi connectivity index (χ2v) is 7.90. The Balaban J connectivity index is 1.69. The first-order chi connectivity index (χ1) is 17.5. The lowest BCUT2D eigenvalue weighted by atomic mass is 10.1. The molecule has 10 heteroatoms. The molecule has 0 aliphatic rings. The zero-order valence-corrected chi connectivity index (χ0v) is 19.5. The number of benzene rings is 2. The molecule has 2 heterocycles. The Labute approximate surface area is 205 Å². The number of H-pyrrole nitrogens is 2. The number of anilines is 2. The van der Waals surface area contributed by atoms with Gasteiger partial charge < -0.3 is 20.4 Å². The van der Waals surface area contributed by atoms with Crippen molar-refractivity contribution in [1.82, 2.24) is 14.5 Å². The number of rotatable bonds is 9. The number of methoxy groups -OCH3 is 1. The van der Waals surface area contributed by atoms with E-state index in [2.05, 4.69) is 20.6 Å². The molecule has 10 nitrogen and oxygen atoms in total. The van der Waals surface area contributed by atoms with Crippen molar-refractivity contribution in [3.8, 4) is 11.3 Å². The molecule has 36 heavy (non-hydrogen) atoms. The number of aromatic amines is 2. The normalized spacial score (nSPS) is 10.7. The summed E-state index contributed by atoms with van der Waals surface area (Å²) in [7, 11) is 1.47. The quantitative estimate of drug-likeness (QED) is 0.286. The number of nitrogens with zero attached hydrogens (tertiary/aromatic N) is 1. The molecular formula is C26H25N5O5. The van der Waals surface area contributed by atoms with Crippen LogP contribution in [0.4, 0.5) is 11.5 Å². The molecular weight excluding hydrogens is 462 g/mol. The summed E-state index contributed by atoms with van der Waals surface area (Å²) >= 11 is 0. The molecule has 0 saturated heterocycles. The van der Waals surface area contributed by atoms with E-state index in [0.717, 1.165) is 11.1 Å². The van der Waals surface area contributed by atoms with Crippen LogP contribution in [0.2, 0.25) is 0 Å². The minimum Gasteiger partial charge on any atom is -0.383 e. The van der Waals surface area contributed by atoms with E-state index >= 15 is 0 Å². The summed E-state index contributed by atoms with van der Waals surface area (Å²) in [5.74, 6) is -0.831. The van der Waals surface area contributed by atoms with Gasteiger partial charge in [-0.2, -0.15) is 0 Å². The van der Waals surface area contributed by atoms with Crippen molar-refractivity contribution in [3.63, 3.8) is 0 Å². The summed E-state index contributed by atoms with van der Waals surface area (Å²) in [6.45, 7) is 0.478. The highest BCUT2D eigenvalue weighted by Gasteiger charge is 2.20. The number of hydrogen-bond acceptors (Lipinski definition) is 6. The molecule has 0 bridgehead atoms. The van der Waals surface area contributed by atoms with Gasteiger partial charge in [-0.05, 0) is 23.3 Å². The summed E-state index contributed by atoms with van der Waals surface area (Å²) in [6.07, 6.45) is 0. The highest BCUT2D eigenvalue weighted by molar-refractivity contribution is 6.05. The second kappa shape index (κ2) is 11.2. The van der Waals surface area contributed by atoms with Gasteiger partial charge in [0.25, 0.3) is 17.0 Å². The van der Waals surface area contributed by atoms with Crippen LogP contribution in [0.1, 0.15) is 15.9 Å². The summed E-state index contributed by atoms with van der Waals surface area (Å²) in [6, 6.07) is 21.5. The van der Waals surface area contributed by atoms with Gasteiger partial charge in [-0.1, -0.05) is 60.7 Å². The number of ether oxygens (including phenoxy) is 1. The number of carbonyl (C=O) groups is 1. The molecule has 4 rings (SSSR count). The van der Waals surface area contributed by atoms with Crippen molar-refractivity contribution in [1.29, 1.82) is 0 Å². The number of carbonyl (C=O) groups excluding carboxylic acids is 1. The third kappa shape index (κ3) is 5.50. The first kappa shape index (κ1) is 24.4. The molecule has 0 radical (unpaired) electrons. The van der Waals surface area contributed by atoms with Crippen LogP contribution in [0.15, 0.2) is 87.2 Å². The van der Waals surface area contributed by atoms with E-state index in [1.165, 1.54) is 17.7 Å². The van der Waals surface area contributed by atoms with Gasteiger partial charge in [-0.3, -0.25) is 23.9 Å². The van der Waals surface area contributed by atoms with E-state index in [1.807, 2.05) is 60.7 Å². The molecule has 2 aromatic carbocycles. The Morgan fingerprint density at radius 1 is 0.889 bits per heavy atom. The highest BCUT2D eigenvalue weighted by Crippen LogP contribution is 2.18. The lowest BCUT2D eigenvalue weighted by molar-refractivity contribution is 0.102. The minimum atomic E-state index is -0.769. The third-order valence-corrected chi connectivity index (χ3v) is 5.50. The third-order valence-electron chi connectivity index (χ3n) is 5.50. The van der Waals surface area contributed by atoms with Gasteiger partial charge in [0.15, 0.2) is 0 Å². The van der Waals surface area contributed by atoms with E-state index < -0.39 is 22.7 Å². The maximum atomic E-state index is 13.1. The van der Waals surface area contributed by atoms with Gasteiger partial charge in [0.2, 0.25) is 0 Å². The van der Waals surface area contributed by atoms with Gasteiger partial charge in [0.05, 0.1) is 13.2 Å². The Morgan fingerprint density at radius 3 is 2.25 bits per heavy atom. The fourth-order valence-corrected chi connectivity index (χ4v) is 3.66. The van der Waals surface area contributed by atoms with Crippen LogP contribution in [-0.2, 0) is 17.8 Å². The predicted octanol–water partition coefficient (Wildman–Crippen LogP) is 2.40. The summed E-state index contributed by atoms with van der Waals surface area (Å²) in [4.78, 5) is 56.1. The molecule has 0 aliphatic carbocycles. The van der Waals surface area contributed by atoms with Gasteiger partial charge in [0.1, 0.15) is 17.1 Å². The van der Waals surface area contributed by atoms with E-state index in [9.17, 15) is 19.2 Å². The molecule has 0 atom stereocenters. The smallest absolute Gasteiger partial charge is 0.330 e. The molecule has 184 valence electrons. The highest BCUT2D eigenvalue weighted by atomic mass is 16.5. The van der Waals surface area contributed by atoms with Gasteiger partial charge >= 0.3 is 5.69 Å². The molecule has 4 N–H and O–H groups in total. The number of hydrogen-bond donors (Lipinski definition) is 4. The average Bonchev–Trinajstić information content (AvgIpc) is 2.89. The van der Waals surface area contributed by atoms with Crippen molar-refractivity contribution in [3.05, 3.63) is 115 Å². The lowest BCUT2D eigenvalue weighted by Gasteiger charge is -2.17. The fourth-order valence-electron chi connectivity index (χ4n) is 3.66. The number of aromatic nitrogens is 3. The molecule has 1 amide bonds. The second-order valence-electron chi connectivity index (χ2n) is 7.90. The predicted molar refractivity (Wildman–Crippen MR) is 137 cm³/mol. The lowest BCUT2D eigenvalue weighted by Crippen LogP contribution is -2.36. The van der Waals surface area contributed by atoms with E-state index in [1.54, 1.807) is 6.07 Å². The Bertz CT molecular complexity index is 1520. The Hall–Kier alpha value is -4.70. The number of nitrogens with one attached hydrogen (secondary N) is 4. The average molecular weight is 488 g/mol. The van der Waals surface area contributed by atoms with Crippen molar-refractivity contribution in [2.75, 3.05) is 24.4 Å². The van der Waals surface area contributed by atoms with Gasteiger partial charge in [0, 0.05) is 19.3 Å². The minimum absolute atomic E-state index is 0.0137. The van der Waals surface area contributed by atoms with Crippen LogP contribution in [0.25, 0.3) is 11.3 Å². The zero-order chi connectivity index (χ0) is 25.5. The van der Waals surface area contributed by atoms with Crippen molar-refractivity contribution >= 4 is 17.4 Å².